The first kappa shape index (κ1) is 20.4. The molecule has 0 atom stereocenters. The number of carbonyl (C=O) groups is 2. The molecule has 3 rings (SSSR count). The van der Waals surface area contributed by atoms with E-state index in [-0.39, 0.29) is 13.1 Å². The second-order valence-corrected chi connectivity index (χ2v) is 6.36. The van der Waals surface area contributed by atoms with E-state index in [1.165, 1.54) is 17.1 Å². The number of hydrogen-bond acceptors (Lipinski definition) is 6. The molecule has 1 aliphatic rings. The fourth-order valence-electron chi connectivity index (χ4n) is 2.82. The van der Waals surface area contributed by atoms with Crippen LogP contribution in [-0.2, 0) is 9.53 Å². The van der Waals surface area contributed by atoms with Crippen LogP contribution in [0.4, 0.5) is 23.8 Å². The lowest BCUT2D eigenvalue weighted by Crippen LogP contribution is -2.49. The largest absolute Gasteiger partial charge is 0.449 e. The highest BCUT2D eigenvalue weighted by Gasteiger charge is 2.29. The quantitative estimate of drug-likeness (QED) is 0.722. The number of hydrogen-bond donors (Lipinski definition) is 2. The molecule has 2 amide bonds. The Morgan fingerprint density at radius 2 is 2.00 bits per heavy atom. The van der Waals surface area contributed by atoms with Crippen molar-refractivity contribution in [3.63, 3.8) is 0 Å². The number of ether oxygens (including phenoxy) is 1. The number of nitrogens with zero attached hydrogens (tertiary/aromatic N) is 4. The molecule has 0 bridgehead atoms. The van der Waals surface area contributed by atoms with Crippen molar-refractivity contribution in [2.45, 2.75) is 12.6 Å². The molecule has 0 radical (unpaired) electrons. The Hall–Kier alpha value is -3.31. The molecule has 156 valence electrons. The molecule has 0 aromatic carbocycles. The Kier molecular flexibility index (Phi) is 5.89. The summed E-state index contributed by atoms with van der Waals surface area (Å²) in [4.78, 5) is 37.9. The molecular weight excluding hydrogens is 393 g/mol. The van der Waals surface area contributed by atoms with Gasteiger partial charge >= 0.3 is 12.3 Å². The number of halogens is 3. The van der Waals surface area contributed by atoms with Crippen molar-refractivity contribution < 1.29 is 27.5 Å². The predicted molar refractivity (Wildman–Crippen MR) is 97.9 cm³/mol. The zero-order valence-corrected chi connectivity index (χ0v) is 15.3. The molecule has 2 aromatic rings. The SMILES string of the molecule is NC(=O)/C=C/c1c[nH]c2ncc(N3CCN(C(=O)OCCC(F)(F)F)CC3)nc12. The Morgan fingerprint density at radius 3 is 2.66 bits per heavy atom. The summed E-state index contributed by atoms with van der Waals surface area (Å²) in [6, 6.07) is 0. The molecule has 1 saturated heterocycles. The van der Waals surface area contributed by atoms with Crippen molar-refractivity contribution in [1.82, 2.24) is 19.9 Å². The van der Waals surface area contributed by atoms with Crippen LogP contribution in [-0.4, -0.2) is 70.8 Å². The Bertz CT molecular complexity index is 919. The van der Waals surface area contributed by atoms with Gasteiger partial charge in [0.2, 0.25) is 5.91 Å². The molecule has 0 aliphatic carbocycles. The lowest BCUT2D eigenvalue weighted by atomic mass is 10.2. The molecule has 3 N–H and O–H groups in total. The lowest BCUT2D eigenvalue weighted by Gasteiger charge is -2.34. The van der Waals surface area contributed by atoms with Gasteiger partial charge in [-0.15, -0.1) is 0 Å². The molecule has 0 spiro atoms. The zero-order valence-electron chi connectivity index (χ0n) is 15.3. The number of nitrogens with two attached hydrogens (primary N) is 1. The number of rotatable bonds is 5. The van der Waals surface area contributed by atoms with Gasteiger partial charge in [-0.2, -0.15) is 13.2 Å². The van der Waals surface area contributed by atoms with Gasteiger partial charge in [0.05, 0.1) is 12.6 Å². The van der Waals surface area contributed by atoms with Gasteiger partial charge in [-0.25, -0.2) is 14.8 Å². The number of anilines is 1. The number of piperazine rings is 1. The van der Waals surface area contributed by atoms with E-state index in [1.54, 1.807) is 12.4 Å². The second kappa shape index (κ2) is 8.37. The van der Waals surface area contributed by atoms with E-state index in [9.17, 15) is 22.8 Å². The lowest BCUT2D eigenvalue weighted by molar-refractivity contribution is -0.141. The first-order valence-electron chi connectivity index (χ1n) is 8.78. The molecule has 1 aliphatic heterocycles. The highest BCUT2D eigenvalue weighted by atomic mass is 19.4. The minimum Gasteiger partial charge on any atom is -0.449 e. The number of fused-ring (bicyclic) bond motifs is 1. The number of aromatic amines is 1. The van der Waals surface area contributed by atoms with Crippen LogP contribution in [0.3, 0.4) is 0 Å². The maximum atomic E-state index is 12.1. The number of aromatic nitrogens is 3. The van der Waals surface area contributed by atoms with Crippen molar-refractivity contribution >= 4 is 35.1 Å². The molecule has 12 heteroatoms. The van der Waals surface area contributed by atoms with Gasteiger partial charge in [0.25, 0.3) is 0 Å². The van der Waals surface area contributed by atoms with Crippen LogP contribution in [0.5, 0.6) is 0 Å². The van der Waals surface area contributed by atoms with Crippen LogP contribution >= 0.6 is 0 Å². The first-order valence-corrected chi connectivity index (χ1v) is 8.78. The second-order valence-electron chi connectivity index (χ2n) is 6.36. The van der Waals surface area contributed by atoms with Crippen LogP contribution in [0.2, 0.25) is 0 Å². The van der Waals surface area contributed by atoms with Crippen molar-refractivity contribution in [2.75, 3.05) is 37.7 Å². The van der Waals surface area contributed by atoms with Crippen molar-refractivity contribution in [3.05, 3.63) is 24.0 Å². The van der Waals surface area contributed by atoms with E-state index in [0.29, 0.717) is 35.6 Å². The predicted octanol–water partition coefficient (Wildman–Crippen LogP) is 1.67. The minimum absolute atomic E-state index is 0.284. The van der Waals surface area contributed by atoms with Gasteiger partial charge < -0.3 is 25.3 Å². The summed E-state index contributed by atoms with van der Waals surface area (Å²) in [5.74, 6) is -0.00220. The number of alkyl halides is 3. The van der Waals surface area contributed by atoms with Crippen molar-refractivity contribution in [1.29, 1.82) is 0 Å². The van der Waals surface area contributed by atoms with Gasteiger partial charge in [0.1, 0.15) is 17.9 Å². The standard InChI is InChI=1S/C17H19F3N6O3/c18-17(19,20)3-8-29-16(28)26-6-4-25(5-7-26)13-10-23-15-14(24-13)11(9-22-15)1-2-12(21)27/h1-2,9-10H,3-8H2,(H2,21,27)(H,22,23)/b2-1+. The molecule has 29 heavy (non-hydrogen) atoms. The van der Waals surface area contributed by atoms with Crippen LogP contribution in [0.15, 0.2) is 18.5 Å². The number of primary amides is 1. The third kappa shape index (κ3) is 5.36. The molecule has 3 heterocycles. The third-order valence-electron chi connectivity index (χ3n) is 4.30. The van der Waals surface area contributed by atoms with Gasteiger partial charge in [0.15, 0.2) is 5.65 Å². The van der Waals surface area contributed by atoms with Gasteiger partial charge in [-0.3, -0.25) is 4.79 Å². The maximum absolute atomic E-state index is 12.1. The Morgan fingerprint density at radius 1 is 1.28 bits per heavy atom. The van der Waals surface area contributed by atoms with E-state index < -0.39 is 31.2 Å². The highest BCUT2D eigenvalue weighted by molar-refractivity contribution is 5.93. The smallest absolute Gasteiger partial charge is 0.409 e. The number of H-pyrrole nitrogens is 1. The summed E-state index contributed by atoms with van der Waals surface area (Å²) in [6.45, 7) is 0.717. The number of nitrogens with one attached hydrogen (secondary N) is 1. The highest BCUT2D eigenvalue weighted by Crippen LogP contribution is 2.21. The molecule has 0 saturated carbocycles. The topological polar surface area (TPSA) is 117 Å². The molecule has 1 fully saturated rings. The molecule has 2 aromatic heterocycles. The molecule has 0 unspecified atom stereocenters. The van der Waals surface area contributed by atoms with Crippen LogP contribution < -0.4 is 10.6 Å². The number of amides is 2. The summed E-state index contributed by atoms with van der Waals surface area (Å²) in [6.07, 6.45) is -0.299. The third-order valence-corrected chi connectivity index (χ3v) is 4.30. The maximum Gasteiger partial charge on any atom is 0.409 e. The zero-order chi connectivity index (χ0) is 21.0. The van der Waals surface area contributed by atoms with E-state index in [4.69, 9.17) is 5.73 Å². The summed E-state index contributed by atoms with van der Waals surface area (Å²) < 4.78 is 41.1. The van der Waals surface area contributed by atoms with Gasteiger partial charge in [0, 0.05) is 44.0 Å². The first-order chi connectivity index (χ1) is 13.7. The molecule has 9 nitrogen and oxygen atoms in total. The molecular formula is C17H19F3N6O3. The van der Waals surface area contributed by atoms with E-state index in [2.05, 4.69) is 19.7 Å². The van der Waals surface area contributed by atoms with E-state index in [0.717, 1.165) is 0 Å². The average Bonchev–Trinajstić information content (AvgIpc) is 3.07. The Labute approximate surface area is 163 Å². The van der Waals surface area contributed by atoms with Crippen molar-refractivity contribution in [2.24, 2.45) is 5.73 Å². The van der Waals surface area contributed by atoms with Gasteiger partial charge in [-0.05, 0) is 6.08 Å². The van der Waals surface area contributed by atoms with Crippen molar-refractivity contribution in [3.8, 4) is 0 Å². The van der Waals surface area contributed by atoms with Crippen LogP contribution in [0, 0.1) is 0 Å². The normalized spacial score (nSPS) is 15.3. The average molecular weight is 412 g/mol. The van der Waals surface area contributed by atoms with E-state index >= 15 is 0 Å². The van der Waals surface area contributed by atoms with Gasteiger partial charge in [-0.1, -0.05) is 0 Å². The fraction of sp³-hybridized carbons (Fsp3) is 0.412. The Balaban J connectivity index is 1.60. The summed E-state index contributed by atoms with van der Waals surface area (Å²) in [5, 5.41) is 0. The van der Waals surface area contributed by atoms with E-state index in [1.807, 2.05) is 4.90 Å². The van der Waals surface area contributed by atoms with Crippen LogP contribution in [0.25, 0.3) is 17.2 Å². The summed E-state index contributed by atoms with van der Waals surface area (Å²) >= 11 is 0. The monoisotopic (exact) mass is 412 g/mol. The number of carbonyl (C=O) groups excluding carboxylic acids is 2. The summed E-state index contributed by atoms with van der Waals surface area (Å²) in [7, 11) is 0. The minimum atomic E-state index is -4.36. The fourth-order valence-corrected chi connectivity index (χ4v) is 2.82. The van der Waals surface area contributed by atoms with Crippen LogP contribution in [0.1, 0.15) is 12.0 Å². The summed E-state index contributed by atoms with van der Waals surface area (Å²) in [5.41, 5.74) is 6.87.